The van der Waals surface area contributed by atoms with Gasteiger partial charge in [-0.25, -0.2) is 0 Å². The molecule has 0 saturated heterocycles. The van der Waals surface area contributed by atoms with Gasteiger partial charge in [0.15, 0.2) is 5.78 Å². The van der Waals surface area contributed by atoms with E-state index in [-0.39, 0.29) is 17.1 Å². The molecule has 3 nitrogen and oxygen atoms in total. The summed E-state index contributed by atoms with van der Waals surface area (Å²) in [5.74, 6) is 0.281. The molecule has 3 heteroatoms. The van der Waals surface area contributed by atoms with Gasteiger partial charge in [-0.1, -0.05) is 18.2 Å². The summed E-state index contributed by atoms with van der Waals surface area (Å²) in [5.41, 5.74) is 1.20. The van der Waals surface area contributed by atoms with Crippen LogP contribution in [0.4, 0.5) is 0 Å². The van der Waals surface area contributed by atoms with E-state index in [1.54, 1.807) is 13.2 Å². The van der Waals surface area contributed by atoms with E-state index in [1.165, 1.54) is 0 Å². The highest BCUT2D eigenvalue weighted by Crippen LogP contribution is 2.51. The quantitative estimate of drug-likeness (QED) is 0.406. The molecule has 0 unspecified atom stereocenters. The van der Waals surface area contributed by atoms with Crippen molar-refractivity contribution in [2.45, 2.75) is 19.3 Å². The smallest absolute Gasteiger partial charge is 0.162 e. The maximum atomic E-state index is 11.6. The number of fused-ring (bicyclic) bond motifs is 2. The van der Waals surface area contributed by atoms with Gasteiger partial charge in [-0.05, 0) is 30.8 Å². The van der Waals surface area contributed by atoms with Crippen LogP contribution in [0.15, 0.2) is 24.3 Å². The third-order valence-electron chi connectivity index (χ3n) is 3.57. The molecule has 2 aliphatic rings. The molecule has 0 aromatic heterocycles. The first-order valence-corrected chi connectivity index (χ1v) is 5.64. The highest BCUT2D eigenvalue weighted by Gasteiger charge is 2.44. The predicted molar refractivity (Wildman–Crippen MR) is 60.9 cm³/mol. The van der Waals surface area contributed by atoms with Gasteiger partial charge in [0.1, 0.15) is 6.79 Å². The van der Waals surface area contributed by atoms with Crippen LogP contribution in [0.2, 0.25) is 0 Å². The zero-order valence-corrected chi connectivity index (χ0v) is 9.70. The first-order valence-electron chi connectivity index (χ1n) is 5.64. The molecule has 0 aliphatic heterocycles. The molecule has 16 heavy (non-hydrogen) atoms. The van der Waals surface area contributed by atoms with Crippen LogP contribution in [0.3, 0.4) is 0 Å². The average molecular weight is 222 g/mol. The van der Waals surface area contributed by atoms with Crippen LogP contribution in [0.25, 0.3) is 0 Å². The topological polar surface area (TPSA) is 35.5 Å². The van der Waals surface area contributed by atoms with Gasteiger partial charge < -0.3 is 9.47 Å². The number of methoxy groups -OCH3 is 1. The largest absolute Gasteiger partial charge is 0.359 e. The summed E-state index contributed by atoms with van der Waals surface area (Å²) in [6, 6.07) is 0. The van der Waals surface area contributed by atoms with Crippen LogP contribution in [0, 0.1) is 11.3 Å². The van der Waals surface area contributed by atoms with E-state index < -0.39 is 0 Å². The Bertz CT molecular complexity index is 332. The summed E-state index contributed by atoms with van der Waals surface area (Å²) >= 11 is 0. The molecule has 1 fully saturated rings. The fourth-order valence-electron chi connectivity index (χ4n) is 2.69. The fourth-order valence-corrected chi connectivity index (χ4v) is 2.69. The Morgan fingerprint density at radius 2 is 2.44 bits per heavy atom. The van der Waals surface area contributed by atoms with Crippen molar-refractivity contribution in [3.05, 3.63) is 24.3 Å². The maximum Gasteiger partial charge on any atom is 0.162 e. The van der Waals surface area contributed by atoms with Crippen molar-refractivity contribution in [3.8, 4) is 0 Å². The lowest BCUT2D eigenvalue weighted by molar-refractivity contribution is -0.117. The molecular weight excluding hydrogens is 204 g/mol. The number of allylic oxidation sites excluding steroid dienone is 3. The predicted octanol–water partition coefficient (Wildman–Crippen LogP) is 2.09. The molecular formula is C13H18O3. The van der Waals surface area contributed by atoms with E-state index >= 15 is 0 Å². The lowest BCUT2D eigenvalue weighted by atomic mass is 9.78. The summed E-state index contributed by atoms with van der Waals surface area (Å²) in [6.07, 6.45) is 6.56. The molecule has 0 N–H and O–H groups in total. The third-order valence-corrected chi connectivity index (χ3v) is 3.57. The van der Waals surface area contributed by atoms with Crippen molar-refractivity contribution in [3.63, 3.8) is 0 Å². The lowest BCUT2D eigenvalue weighted by Gasteiger charge is -2.27. The van der Waals surface area contributed by atoms with Gasteiger partial charge in [0, 0.05) is 13.0 Å². The molecule has 2 atom stereocenters. The van der Waals surface area contributed by atoms with Gasteiger partial charge in [0.05, 0.1) is 6.61 Å². The van der Waals surface area contributed by atoms with E-state index in [2.05, 4.69) is 12.7 Å². The molecule has 2 rings (SSSR count). The molecule has 0 spiro atoms. The molecule has 2 aliphatic carbocycles. The summed E-state index contributed by atoms with van der Waals surface area (Å²) in [6.45, 7) is 5.02. The van der Waals surface area contributed by atoms with E-state index in [4.69, 9.17) is 9.47 Å². The van der Waals surface area contributed by atoms with Crippen LogP contribution in [0.5, 0.6) is 0 Å². The number of carbonyl (C=O) groups excluding carboxylic acids is 1. The monoisotopic (exact) mass is 222 g/mol. The molecule has 1 saturated carbocycles. The van der Waals surface area contributed by atoms with E-state index in [0.717, 1.165) is 24.8 Å². The fraction of sp³-hybridized carbons (Fsp3) is 0.615. The van der Waals surface area contributed by atoms with Crippen LogP contribution >= 0.6 is 0 Å². The van der Waals surface area contributed by atoms with Gasteiger partial charge in [-0.3, -0.25) is 4.79 Å². The molecule has 2 bridgehead atoms. The summed E-state index contributed by atoms with van der Waals surface area (Å²) in [5, 5.41) is 0. The third kappa shape index (κ3) is 2.11. The number of ether oxygens (including phenoxy) is 2. The Balaban J connectivity index is 1.95. The standard InChI is InChI=1S/C13H18O3/c1-10-7-13(5-6-16-9-15-2)4-3-12(14)11(10)8-13/h3-4,11H,1,5-9H2,2H3/t11-,13-/m0/s1. The Labute approximate surface area is 96.1 Å². The van der Waals surface area contributed by atoms with Crippen molar-refractivity contribution in [1.29, 1.82) is 0 Å². The Kier molecular flexibility index (Phi) is 3.26. The second-order valence-electron chi connectivity index (χ2n) is 4.75. The van der Waals surface area contributed by atoms with Crippen molar-refractivity contribution in [1.82, 2.24) is 0 Å². The second-order valence-corrected chi connectivity index (χ2v) is 4.75. The normalized spacial score (nSPS) is 32.4. The Morgan fingerprint density at radius 1 is 1.62 bits per heavy atom. The minimum absolute atomic E-state index is 0.0624. The Morgan fingerprint density at radius 3 is 3.19 bits per heavy atom. The van der Waals surface area contributed by atoms with Crippen LogP contribution < -0.4 is 0 Å². The number of hydrogen-bond acceptors (Lipinski definition) is 3. The average Bonchev–Trinajstić information content (AvgIpc) is 2.55. The van der Waals surface area contributed by atoms with Gasteiger partial charge in [-0.15, -0.1) is 0 Å². The highest BCUT2D eigenvalue weighted by molar-refractivity contribution is 5.95. The van der Waals surface area contributed by atoms with Crippen molar-refractivity contribution in [2.24, 2.45) is 11.3 Å². The van der Waals surface area contributed by atoms with Gasteiger partial charge in [0.25, 0.3) is 0 Å². The summed E-state index contributed by atoms with van der Waals surface area (Å²) < 4.78 is 10.2. The number of carbonyl (C=O) groups is 1. The maximum absolute atomic E-state index is 11.6. The second kappa shape index (κ2) is 4.52. The molecule has 0 aromatic carbocycles. The summed E-state index contributed by atoms with van der Waals surface area (Å²) in [7, 11) is 1.62. The highest BCUT2D eigenvalue weighted by atomic mass is 16.7. The van der Waals surface area contributed by atoms with Gasteiger partial charge in [0.2, 0.25) is 0 Å². The number of hydrogen-bond donors (Lipinski definition) is 0. The molecule has 0 heterocycles. The lowest BCUT2D eigenvalue weighted by Crippen LogP contribution is -2.23. The van der Waals surface area contributed by atoms with Crippen molar-refractivity contribution in [2.75, 3.05) is 20.5 Å². The van der Waals surface area contributed by atoms with Crippen molar-refractivity contribution < 1.29 is 14.3 Å². The first kappa shape index (κ1) is 11.6. The minimum atomic E-state index is 0.0624. The first-order chi connectivity index (χ1) is 7.67. The zero-order chi connectivity index (χ0) is 11.6. The Hall–Kier alpha value is -0.930. The molecule has 0 amide bonds. The minimum Gasteiger partial charge on any atom is -0.359 e. The van der Waals surface area contributed by atoms with Crippen LogP contribution in [0.1, 0.15) is 19.3 Å². The summed E-state index contributed by atoms with van der Waals surface area (Å²) in [4.78, 5) is 11.6. The van der Waals surface area contributed by atoms with E-state index in [1.807, 2.05) is 0 Å². The molecule has 0 radical (unpaired) electrons. The van der Waals surface area contributed by atoms with Crippen molar-refractivity contribution >= 4 is 5.78 Å². The van der Waals surface area contributed by atoms with E-state index in [9.17, 15) is 4.79 Å². The van der Waals surface area contributed by atoms with Crippen LogP contribution in [-0.4, -0.2) is 26.3 Å². The molecule has 88 valence electrons. The van der Waals surface area contributed by atoms with Crippen LogP contribution in [-0.2, 0) is 14.3 Å². The van der Waals surface area contributed by atoms with Gasteiger partial charge in [-0.2, -0.15) is 0 Å². The number of ketones is 1. The SMILES string of the molecule is C=C1C[C@@]2(CCOCOC)C=CC(=O)[C@H]1C2. The number of rotatable bonds is 5. The molecule has 0 aromatic rings. The zero-order valence-electron chi connectivity index (χ0n) is 9.70. The van der Waals surface area contributed by atoms with Gasteiger partial charge >= 0.3 is 0 Å². The van der Waals surface area contributed by atoms with E-state index in [0.29, 0.717) is 13.4 Å².